The van der Waals surface area contributed by atoms with E-state index in [0.717, 1.165) is 0 Å². The maximum Gasteiger partial charge on any atom is 0.356 e. The number of hydrogen-bond donors (Lipinski definition) is 2. The van der Waals surface area contributed by atoms with Crippen LogP contribution >= 0.6 is 0 Å². The highest BCUT2D eigenvalue weighted by Gasteiger charge is 2.07. The van der Waals surface area contributed by atoms with E-state index in [0.29, 0.717) is 12.5 Å². The molecule has 0 bridgehead atoms. The Balaban J connectivity index is 2.73. The van der Waals surface area contributed by atoms with Gasteiger partial charge in [0.25, 0.3) is 0 Å². The standard InChI is InChI=1S/C6H8N2O3/c1-2-11-5-3-4(6(9)10)7-8-5/h3H,2H2,1H3,(H,7,8)(H,9,10). The molecule has 0 unspecified atom stereocenters. The second-order valence-electron chi connectivity index (χ2n) is 1.86. The first-order valence-corrected chi connectivity index (χ1v) is 3.15. The molecule has 0 aliphatic rings. The van der Waals surface area contributed by atoms with E-state index in [1.165, 1.54) is 6.07 Å². The van der Waals surface area contributed by atoms with Gasteiger partial charge in [-0.25, -0.2) is 9.89 Å². The molecule has 0 atom stereocenters. The summed E-state index contributed by atoms with van der Waals surface area (Å²) >= 11 is 0. The minimum atomic E-state index is -1.06. The number of H-pyrrole nitrogens is 1. The molecular formula is C6H8N2O3. The zero-order valence-electron chi connectivity index (χ0n) is 6.00. The van der Waals surface area contributed by atoms with Crippen molar-refractivity contribution in [2.24, 2.45) is 0 Å². The molecule has 1 heterocycles. The predicted octanol–water partition coefficient (Wildman–Crippen LogP) is 0.507. The molecular weight excluding hydrogens is 148 g/mol. The Morgan fingerprint density at radius 2 is 2.64 bits per heavy atom. The maximum absolute atomic E-state index is 10.3. The zero-order valence-corrected chi connectivity index (χ0v) is 6.00. The highest BCUT2D eigenvalue weighted by molar-refractivity contribution is 5.85. The van der Waals surface area contributed by atoms with Gasteiger partial charge in [0.05, 0.1) is 6.61 Å². The monoisotopic (exact) mass is 156 g/mol. The molecule has 1 aromatic rings. The van der Waals surface area contributed by atoms with Gasteiger partial charge in [-0.3, -0.25) is 0 Å². The average molecular weight is 156 g/mol. The largest absolute Gasteiger partial charge is 0.478 e. The lowest BCUT2D eigenvalue weighted by Gasteiger charge is -1.93. The van der Waals surface area contributed by atoms with Crippen LogP contribution in [0.25, 0.3) is 0 Å². The van der Waals surface area contributed by atoms with E-state index >= 15 is 0 Å². The molecule has 5 nitrogen and oxygen atoms in total. The topological polar surface area (TPSA) is 75.2 Å². The van der Waals surface area contributed by atoms with Crippen LogP contribution in [0.3, 0.4) is 0 Å². The van der Waals surface area contributed by atoms with Crippen molar-refractivity contribution < 1.29 is 14.6 Å². The Hall–Kier alpha value is -1.52. The number of hydrogen-bond acceptors (Lipinski definition) is 3. The molecule has 0 fully saturated rings. The molecule has 0 saturated heterocycles. The van der Waals surface area contributed by atoms with Gasteiger partial charge in [-0.05, 0) is 6.92 Å². The molecule has 5 heteroatoms. The Morgan fingerprint density at radius 3 is 3.09 bits per heavy atom. The molecule has 11 heavy (non-hydrogen) atoms. The minimum Gasteiger partial charge on any atom is -0.478 e. The van der Waals surface area contributed by atoms with Crippen LogP contribution < -0.4 is 4.74 Å². The summed E-state index contributed by atoms with van der Waals surface area (Å²) in [7, 11) is 0. The highest BCUT2D eigenvalue weighted by Crippen LogP contribution is 2.06. The molecule has 0 saturated carbocycles. The Morgan fingerprint density at radius 1 is 1.91 bits per heavy atom. The van der Waals surface area contributed by atoms with Gasteiger partial charge in [-0.1, -0.05) is 0 Å². The first-order valence-electron chi connectivity index (χ1n) is 3.15. The van der Waals surface area contributed by atoms with Crippen molar-refractivity contribution in [2.75, 3.05) is 6.61 Å². The number of ether oxygens (including phenoxy) is 1. The Kier molecular flexibility index (Phi) is 2.10. The summed E-state index contributed by atoms with van der Waals surface area (Å²) in [6.45, 7) is 2.29. The van der Waals surface area contributed by atoms with Gasteiger partial charge in [-0.15, -0.1) is 0 Å². The summed E-state index contributed by atoms with van der Waals surface area (Å²) in [5, 5.41) is 14.3. The summed E-state index contributed by atoms with van der Waals surface area (Å²) in [5.74, 6) is -0.683. The number of aromatic amines is 1. The lowest BCUT2D eigenvalue weighted by atomic mass is 10.4. The molecule has 60 valence electrons. The number of carboxylic acid groups (broad SMARTS) is 1. The zero-order chi connectivity index (χ0) is 8.27. The van der Waals surface area contributed by atoms with E-state index < -0.39 is 5.97 Å². The van der Waals surface area contributed by atoms with Crippen molar-refractivity contribution in [3.63, 3.8) is 0 Å². The van der Waals surface area contributed by atoms with E-state index in [2.05, 4.69) is 10.2 Å². The molecule has 0 aliphatic carbocycles. The maximum atomic E-state index is 10.3. The van der Waals surface area contributed by atoms with Gasteiger partial charge in [0.2, 0.25) is 5.88 Å². The fourth-order valence-electron chi connectivity index (χ4n) is 0.643. The van der Waals surface area contributed by atoms with Gasteiger partial charge < -0.3 is 9.84 Å². The number of carboxylic acids is 1. The molecule has 0 aliphatic heterocycles. The SMILES string of the molecule is CCOc1cc(C(=O)O)n[nH]1. The van der Waals surface area contributed by atoms with Crippen LogP contribution in [0.15, 0.2) is 6.07 Å². The van der Waals surface area contributed by atoms with Crippen LogP contribution in [-0.4, -0.2) is 27.9 Å². The first-order chi connectivity index (χ1) is 5.24. The second kappa shape index (κ2) is 3.05. The Bertz CT molecular complexity index is 256. The van der Waals surface area contributed by atoms with Gasteiger partial charge in [0.15, 0.2) is 5.69 Å². The van der Waals surface area contributed by atoms with Crippen LogP contribution in [0.4, 0.5) is 0 Å². The van der Waals surface area contributed by atoms with Crippen LogP contribution in [-0.2, 0) is 0 Å². The summed E-state index contributed by atoms with van der Waals surface area (Å²) in [4.78, 5) is 10.3. The molecule has 1 aromatic heterocycles. The summed E-state index contributed by atoms with van der Waals surface area (Å²) < 4.78 is 4.96. The molecule has 1 rings (SSSR count). The quantitative estimate of drug-likeness (QED) is 0.668. The third-order valence-corrected chi connectivity index (χ3v) is 1.07. The smallest absolute Gasteiger partial charge is 0.356 e. The lowest BCUT2D eigenvalue weighted by Crippen LogP contribution is -1.95. The van der Waals surface area contributed by atoms with Crippen LogP contribution in [0.5, 0.6) is 5.88 Å². The van der Waals surface area contributed by atoms with Crippen molar-refractivity contribution in [1.82, 2.24) is 10.2 Å². The molecule has 0 radical (unpaired) electrons. The molecule has 0 aromatic carbocycles. The summed E-state index contributed by atoms with van der Waals surface area (Å²) in [6.07, 6.45) is 0. The number of rotatable bonds is 3. The van der Waals surface area contributed by atoms with Crippen LogP contribution in [0, 0.1) is 0 Å². The van der Waals surface area contributed by atoms with Gasteiger partial charge in [0.1, 0.15) is 0 Å². The summed E-state index contributed by atoms with van der Waals surface area (Å²) in [6, 6.07) is 1.34. The van der Waals surface area contributed by atoms with E-state index in [9.17, 15) is 4.79 Å². The number of carbonyl (C=O) groups is 1. The number of aromatic carboxylic acids is 1. The molecule has 2 N–H and O–H groups in total. The average Bonchev–Trinajstić information content (AvgIpc) is 2.37. The normalized spacial score (nSPS) is 9.55. The molecule has 0 spiro atoms. The van der Waals surface area contributed by atoms with Gasteiger partial charge >= 0.3 is 5.97 Å². The first kappa shape index (κ1) is 7.59. The van der Waals surface area contributed by atoms with E-state index in [1.54, 1.807) is 6.92 Å². The van der Waals surface area contributed by atoms with Gasteiger partial charge in [-0.2, -0.15) is 5.10 Å². The van der Waals surface area contributed by atoms with E-state index in [1.807, 2.05) is 0 Å². The van der Waals surface area contributed by atoms with Crippen molar-refractivity contribution in [2.45, 2.75) is 6.92 Å². The van der Waals surface area contributed by atoms with E-state index in [4.69, 9.17) is 9.84 Å². The number of nitrogens with one attached hydrogen (secondary N) is 1. The van der Waals surface area contributed by atoms with Crippen molar-refractivity contribution in [3.05, 3.63) is 11.8 Å². The number of aromatic nitrogens is 2. The third kappa shape index (κ3) is 1.70. The van der Waals surface area contributed by atoms with Crippen molar-refractivity contribution in [3.8, 4) is 5.88 Å². The summed E-state index contributed by atoms with van der Waals surface area (Å²) in [5.41, 5.74) is -0.0338. The van der Waals surface area contributed by atoms with Crippen LogP contribution in [0.1, 0.15) is 17.4 Å². The lowest BCUT2D eigenvalue weighted by molar-refractivity contribution is 0.0690. The van der Waals surface area contributed by atoms with Crippen LogP contribution in [0.2, 0.25) is 0 Å². The fourth-order valence-corrected chi connectivity index (χ4v) is 0.643. The Labute approximate surface area is 63.0 Å². The number of nitrogens with zero attached hydrogens (tertiary/aromatic N) is 1. The van der Waals surface area contributed by atoms with Gasteiger partial charge in [0, 0.05) is 6.07 Å². The van der Waals surface area contributed by atoms with E-state index in [-0.39, 0.29) is 5.69 Å². The predicted molar refractivity (Wildman–Crippen MR) is 36.7 cm³/mol. The fraction of sp³-hybridized carbons (Fsp3) is 0.333. The van der Waals surface area contributed by atoms with Crippen molar-refractivity contribution in [1.29, 1.82) is 0 Å². The highest BCUT2D eigenvalue weighted by atomic mass is 16.5. The minimum absolute atomic E-state index is 0.0338. The molecule has 0 amide bonds. The second-order valence-corrected chi connectivity index (χ2v) is 1.86. The van der Waals surface area contributed by atoms with Crippen molar-refractivity contribution >= 4 is 5.97 Å². The third-order valence-electron chi connectivity index (χ3n) is 1.07.